The molecule has 0 saturated carbocycles. The van der Waals surface area contributed by atoms with Gasteiger partial charge in [-0.05, 0) is 48.4 Å². The molecule has 3 rings (SSSR count). The lowest BCUT2D eigenvalue weighted by molar-refractivity contribution is -0.119. The van der Waals surface area contributed by atoms with Crippen molar-refractivity contribution in [2.75, 3.05) is 15.4 Å². The normalized spacial score (nSPS) is 18.8. The van der Waals surface area contributed by atoms with Gasteiger partial charge >= 0.3 is 0 Å². The first-order valence-electron chi connectivity index (χ1n) is 8.39. The fourth-order valence-corrected chi connectivity index (χ4v) is 4.68. The first kappa shape index (κ1) is 18.1. The summed E-state index contributed by atoms with van der Waals surface area (Å²) in [7, 11) is -3.64. The molecule has 1 heterocycles. The second-order valence-corrected chi connectivity index (χ2v) is 8.20. The third-order valence-electron chi connectivity index (χ3n) is 4.34. The lowest BCUT2D eigenvalue weighted by Crippen LogP contribution is -2.30. The van der Waals surface area contributed by atoms with E-state index in [1.54, 1.807) is 6.92 Å². The molecule has 1 aliphatic rings. The molecule has 0 aromatic heterocycles. The molecule has 26 heavy (non-hydrogen) atoms. The Labute approximate surface area is 152 Å². The van der Waals surface area contributed by atoms with Crippen LogP contribution in [0.3, 0.4) is 0 Å². The number of nitrogens with one attached hydrogen (secondary N) is 1. The molecule has 0 aliphatic carbocycles. The maximum atomic E-state index is 12.3. The van der Waals surface area contributed by atoms with Crippen molar-refractivity contribution in [2.24, 2.45) is 5.92 Å². The van der Waals surface area contributed by atoms with Crippen LogP contribution in [0, 0.1) is 5.92 Å². The maximum absolute atomic E-state index is 12.3. The van der Waals surface area contributed by atoms with Crippen LogP contribution in [-0.2, 0) is 21.2 Å². The van der Waals surface area contributed by atoms with Gasteiger partial charge in [-0.25, -0.2) is 12.7 Å². The van der Waals surface area contributed by atoms with Crippen LogP contribution in [0.4, 0.5) is 11.4 Å². The fourth-order valence-electron chi connectivity index (χ4n) is 2.86. The Bertz CT molecular complexity index is 935. The molecule has 0 spiro atoms. The van der Waals surface area contributed by atoms with Gasteiger partial charge in [-0.2, -0.15) is 0 Å². The molecule has 136 valence electrons. The fraction of sp³-hybridized carbons (Fsp3) is 0.263. The number of anilines is 2. The predicted molar refractivity (Wildman–Crippen MR) is 101 cm³/mol. The Morgan fingerprint density at radius 3 is 2.23 bits per heavy atom. The van der Waals surface area contributed by atoms with E-state index in [1.807, 2.05) is 24.3 Å². The first-order valence-corrected chi connectivity index (χ1v) is 10.00. The number of hydrogen-bond acceptors (Lipinski definition) is 4. The van der Waals surface area contributed by atoms with Gasteiger partial charge in [0, 0.05) is 11.3 Å². The molecule has 1 fully saturated rings. The Kier molecular flexibility index (Phi) is 4.82. The highest BCUT2D eigenvalue weighted by Crippen LogP contribution is 2.28. The molecular formula is C19H20N2O4S. The lowest BCUT2D eigenvalue weighted by Gasteiger charge is -2.15. The summed E-state index contributed by atoms with van der Waals surface area (Å²) in [5.74, 6) is -1.50. The van der Waals surface area contributed by atoms with Gasteiger partial charge in [0.1, 0.15) is 0 Å². The Hall–Kier alpha value is -2.67. The van der Waals surface area contributed by atoms with Crippen LogP contribution < -0.4 is 9.62 Å². The largest absolute Gasteiger partial charge is 0.322 e. The number of benzene rings is 2. The number of nitrogens with zero attached hydrogens (tertiary/aromatic N) is 1. The molecule has 1 N–H and O–H groups in total. The average molecular weight is 372 g/mol. The Morgan fingerprint density at radius 1 is 1.12 bits per heavy atom. The SMILES string of the molecule is CCc1ccc(NC(=O)c2ccc(N3C(=O)[C@@H](C)CS3(=O)=O)cc2)cc1. The van der Waals surface area contributed by atoms with Crippen molar-refractivity contribution < 1.29 is 18.0 Å². The molecule has 0 radical (unpaired) electrons. The zero-order valence-corrected chi connectivity index (χ0v) is 15.4. The molecule has 2 aromatic rings. The van der Waals surface area contributed by atoms with Gasteiger partial charge < -0.3 is 5.32 Å². The minimum atomic E-state index is -3.64. The van der Waals surface area contributed by atoms with Crippen molar-refractivity contribution >= 4 is 33.2 Å². The number of amides is 2. The monoisotopic (exact) mass is 372 g/mol. The van der Waals surface area contributed by atoms with Crippen molar-refractivity contribution in [3.63, 3.8) is 0 Å². The van der Waals surface area contributed by atoms with Crippen LogP contribution >= 0.6 is 0 Å². The van der Waals surface area contributed by atoms with Gasteiger partial charge in [0.15, 0.2) is 0 Å². The van der Waals surface area contributed by atoms with Crippen molar-refractivity contribution in [1.29, 1.82) is 0 Å². The van der Waals surface area contributed by atoms with Gasteiger partial charge in [-0.3, -0.25) is 9.59 Å². The third-order valence-corrected chi connectivity index (χ3v) is 6.21. The number of hydrogen-bond donors (Lipinski definition) is 1. The quantitative estimate of drug-likeness (QED) is 0.894. The van der Waals surface area contributed by atoms with Gasteiger partial charge in [0.05, 0.1) is 17.4 Å². The smallest absolute Gasteiger partial charge is 0.255 e. The zero-order valence-electron chi connectivity index (χ0n) is 14.6. The third kappa shape index (κ3) is 3.48. The van der Waals surface area contributed by atoms with E-state index in [0.29, 0.717) is 11.3 Å². The van der Waals surface area contributed by atoms with Crippen molar-refractivity contribution in [3.05, 3.63) is 59.7 Å². The summed E-state index contributed by atoms with van der Waals surface area (Å²) in [6.07, 6.45) is 0.923. The zero-order chi connectivity index (χ0) is 18.9. The van der Waals surface area contributed by atoms with Gasteiger partial charge in [0.2, 0.25) is 15.9 Å². The highest BCUT2D eigenvalue weighted by atomic mass is 32.2. The maximum Gasteiger partial charge on any atom is 0.255 e. The van der Waals surface area contributed by atoms with E-state index in [-0.39, 0.29) is 17.3 Å². The molecule has 1 saturated heterocycles. The van der Waals surface area contributed by atoms with E-state index in [1.165, 1.54) is 29.8 Å². The van der Waals surface area contributed by atoms with Gasteiger partial charge in [0.25, 0.3) is 5.91 Å². The van der Waals surface area contributed by atoms with Gasteiger partial charge in [-0.1, -0.05) is 26.0 Å². The minimum absolute atomic E-state index is 0.193. The highest BCUT2D eigenvalue weighted by molar-refractivity contribution is 7.94. The van der Waals surface area contributed by atoms with Crippen LogP contribution in [0.2, 0.25) is 0 Å². The van der Waals surface area contributed by atoms with E-state index >= 15 is 0 Å². The van der Waals surface area contributed by atoms with Crippen LogP contribution in [0.5, 0.6) is 0 Å². The Balaban J connectivity index is 1.76. The molecule has 6 nitrogen and oxygen atoms in total. The van der Waals surface area contributed by atoms with Crippen LogP contribution in [-0.4, -0.2) is 26.0 Å². The summed E-state index contributed by atoms with van der Waals surface area (Å²) < 4.78 is 25.1. The number of rotatable bonds is 4. The van der Waals surface area contributed by atoms with Crippen LogP contribution in [0.15, 0.2) is 48.5 Å². The molecular weight excluding hydrogens is 352 g/mol. The molecule has 1 aliphatic heterocycles. The first-order chi connectivity index (χ1) is 12.3. The minimum Gasteiger partial charge on any atom is -0.322 e. The summed E-state index contributed by atoms with van der Waals surface area (Å²) in [4.78, 5) is 24.4. The molecule has 1 atom stereocenters. The molecule has 7 heteroatoms. The van der Waals surface area contributed by atoms with E-state index in [9.17, 15) is 18.0 Å². The van der Waals surface area contributed by atoms with E-state index < -0.39 is 21.8 Å². The summed E-state index contributed by atoms with van der Waals surface area (Å²) in [6.45, 7) is 3.65. The van der Waals surface area contributed by atoms with Gasteiger partial charge in [-0.15, -0.1) is 0 Å². The highest BCUT2D eigenvalue weighted by Gasteiger charge is 2.41. The van der Waals surface area contributed by atoms with Crippen molar-refractivity contribution in [2.45, 2.75) is 20.3 Å². The molecule has 2 aromatic carbocycles. The number of carbonyl (C=O) groups is 2. The molecule has 0 unspecified atom stereocenters. The number of sulfonamides is 1. The Morgan fingerprint density at radius 2 is 1.73 bits per heavy atom. The van der Waals surface area contributed by atoms with E-state index in [4.69, 9.17) is 0 Å². The average Bonchev–Trinajstić information content (AvgIpc) is 2.83. The summed E-state index contributed by atoms with van der Waals surface area (Å²) >= 11 is 0. The van der Waals surface area contributed by atoms with E-state index in [2.05, 4.69) is 12.2 Å². The second-order valence-electron chi connectivity index (χ2n) is 6.33. The summed E-state index contributed by atoms with van der Waals surface area (Å²) in [5, 5.41) is 2.79. The summed E-state index contributed by atoms with van der Waals surface area (Å²) in [6, 6.07) is 13.5. The molecule has 2 amide bonds. The van der Waals surface area contributed by atoms with E-state index in [0.717, 1.165) is 10.7 Å². The topological polar surface area (TPSA) is 83.6 Å². The van der Waals surface area contributed by atoms with Crippen LogP contribution in [0.25, 0.3) is 0 Å². The standard InChI is InChI=1S/C19H20N2O4S/c1-3-14-4-8-16(9-5-14)20-18(22)15-6-10-17(11-7-15)21-19(23)13(2)12-26(21,24)25/h4-11,13H,3,12H2,1-2H3,(H,20,22)/t13-/m0/s1. The number of aryl methyl sites for hydroxylation is 1. The van der Waals surface area contributed by atoms with Crippen LogP contribution in [0.1, 0.15) is 29.8 Å². The predicted octanol–water partition coefficient (Wildman–Crippen LogP) is 2.81. The molecule has 0 bridgehead atoms. The van der Waals surface area contributed by atoms with Crippen molar-refractivity contribution in [3.8, 4) is 0 Å². The summed E-state index contributed by atoms with van der Waals surface area (Å²) in [5.41, 5.74) is 2.49. The second kappa shape index (κ2) is 6.92. The van der Waals surface area contributed by atoms with Crippen molar-refractivity contribution in [1.82, 2.24) is 0 Å². The lowest BCUT2D eigenvalue weighted by atomic mass is 10.1. The number of carbonyl (C=O) groups excluding carboxylic acids is 2.